The van der Waals surface area contributed by atoms with E-state index in [1.807, 2.05) is 30.3 Å². The minimum absolute atomic E-state index is 0.0533. The van der Waals surface area contributed by atoms with Crippen molar-refractivity contribution in [2.45, 2.75) is 70.3 Å². The summed E-state index contributed by atoms with van der Waals surface area (Å²) in [6.07, 6.45) is 17.5. The molecule has 0 aliphatic heterocycles. The van der Waals surface area contributed by atoms with Gasteiger partial charge in [0.15, 0.2) is 5.78 Å². The molecule has 0 saturated heterocycles. The SMILES string of the molecule is C#CC1(N/C(=C\C(=O)c2ccccc2)CCCCC)CCCCC1. The number of hydrogen-bond donors (Lipinski definition) is 1. The number of unbranched alkanes of at least 4 members (excludes halogenated alkanes) is 2. The summed E-state index contributed by atoms with van der Waals surface area (Å²) in [7, 11) is 0. The van der Waals surface area contributed by atoms with Gasteiger partial charge in [0.2, 0.25) is 0 Å². The molecule has 0 bridgehead atoms. The van der Waals surface area contributed by atoms with Crippen molar-refractivity contribution in [2.24, 2.45) is 0 Å². The van der Waals surface area contributed by atoms with Gasteiger partial charge in [0.25, 0.3) is 0 Å². The van der Waals surface area contributed by atoms with Gasteiger partial charge in [-0.25, -0.2) is 0 Å². The Hall–Kier alpha value is -2.01. The Bertz CT molecular complexity index is 588. The van der Waals surface area contributed by atoms with E-state index in [-0.39, 0.29) is 11.3 Å². The van der Waals surface area contributed by atoms with Gasteiger partial charge in [0.05, 0.1) is 5.54 Å². The maximum atomic E-state index is 12.6. The fourth-order valence-electron chi connectivity index (χ4n) is 3.35. The third-order valence-corrected chi connectivity index (χ3v) is 4.80. The highest BCUT2D eigenvalue weighted by Gasteiger charge is 2.30. The molecule has 24 heavy (non-hydrogen) atoms. The molecule has 0 radical (unpaired) electrons. The van der Waals surface area contributed by atoms with Crippen molar-refractivity contribution in [3.05, 3.63) is 47.7 Å². The molecule has 0 spiro atoms. The van der Waals surface area contributed by atoms with Crippen molar-refractivity contribution >= 4 is 5.78 Å². The Labute approximate surface area is 146 Å². The molecular formula is C22H29NO. The second-order valence-electron chi connectivity index (χ2n) is 6.77. The number of carbonyl (C=O) groups excluding carboxylic acids is 1. The molecule has 1 aliphatic carbocycles. The zero-order valence-electron chi connectivity index (χ0n) is 14.8. The van der Waals surface area contributed by atoms with Gasteiger partial charge in [-0.15, -0.1) is 6.42 Å². The fourth-order valence-corrected chi connectivity index (χ4v) is 3.35. The molecule has 0 atom stereocenters. The van der Waals surface area contributed by atoms with E-state index < -0.39 is 0 Å². The molecule has 1 saturated carbocycles. The number of terminal acetylenes is 1. The summed E-state index contributed by atoms with van der Waals surface area (Å²) in [5.74, 6) is 3.04. The summed E-state index contributed by atoms with van der Waals surface area (Å²) >= 11 is 0. The van der Waals surface area contributed by atoms with E-state index in [1.165, 1.54) is 19.3 Å². The van der Waals surface area contributed by atoms with Crippen LogP contribution in [0.15, 0.2) is 42.1 Å². The second-order valence-corrected chi connectivity index (χ2v) is 6.77. The van der Waals surface area contributed by atoms with Gasteiger partial charge < -0.3 is 5.32 Å². The highest BCUT2D eigenvalue weighted by molar-refractivity contribution is 6.04. The monoisotopic (exact) mass is 323 g/mol. The number of nitrogens with one attached hydrogen (secondary N) is 1. The van der Waals surface area contributed by atoms with E-state index in [0.717, 1.165) is 49.8 Å². The van der Waals surface area contributed by atoms with Crippen molar-refractivity contribution in [2.75, 3.05) is 0 Å². The highest BCUT2D eigenvalue weighted by atomic mass is 16.1. The molecule has 1 fully saturated rings. The lowest BCUT2D eigenvalue weighted by molar-refractivity contribution is 0.104. The molecule has 0 amide bonds. The standard InChI is InChI=1S/C22H29NO/c1-3-5-8-15-20(18-21(24)19-13-9-6-10-14-19)23-22(4-2)16-11-7-12-17-22/h2,6,9-10,13-14,18,23H,3,5,7-8,11-12,15-17H2,1H3/b20-18-. The number of benzene rings is 1. The summed E-state index contributed by atoms with van der Waals surface area (Å²) < 4.78 is 0. The van der Waals surface area contributed by atoms with Crippen LogP contribution in [0.4, 0.5) is 0 Å². The van der Waals surface area contributed by atoms with Crippen LogP contribution in [0.25, 0.3) is 0 Å². The van der Waals surface area contributed by atoms with Crippen molar-refractivity contribution < 1.29 is 4.79 Å². The number of ketones is 1. The van der Waals surface area contributed by atoms with E-state index in [9.17, 15) is 4.79 Å². The van der Waals surface area contributed by atoms with Crippen LogP contribution in [0, 0.1) is 12.3 Å². The molecule has 0 unspecified atom stereocenters. The van der Waals surface area contributed by atoms with Crippen LogP contribution in [0.3, 0.4) is 0 Å². The number of rotatable bonds is 8. The summed E-state index contributed by atoms with van der Waals surface area (Å²) in [4.78, 5) is 12.6. The van der Waals surface area contributed by atoms with E-state index in [0.29, 0.717) is 0 Å². The number of carbonyl (C=O) groups is 1. The molecule has 2 rings (SSSR count). The third kappa shape index (κ3) is 5.27. The predicted octanol–water partition coefficient (Wildman–Crippen LogP) is 5.26. The smallest absolute Gasteiger partial charge is 0.187 e. The Balaban J connectivity index is 2.15. The molecule has 128 valence electrons. The lowest BCUT2D eigenvalue weighted by Gasteiger charge is -2.35. The van der Waals surface area contributed by atoms with Gasteiger partial charge in [0, 0.05) is 17.3 Å². The Morgan fingerprint density at radius 1 is 1.21 bits per heavy atom. The first-order chi connectivity index (χ1) is 11.7. The maximum absolute atomic E-state index is 12.6. The highest BCUT2D eigenvalue weighted by Crippen LogP contribution is 2.29. The zero-order chi connectivity index (χ0) is 17.3. The minimum Gasteiger partial charge on any atom is -0.372 e. The first-order valence-corrected chi connectivity index (χ1v) is 9.25. The Morgan fingerprint density at radius 3 is 2.54 bits per heavy atom. The maximum Gasteiger partial charge on any atom is 0.187 e. The normalized spacial score (nSPS) is 17.1. The molecule has 1 aromatic carbocycles. The molecule has 1 N–H and O–H groups in total. The van der Waals surface area contributed by atoms with Crippen LogP contribution in [0.1, 0.15) is 75.1 Å². The molecule has 2 heteroatoms. The lowest BCUT2D eigenvalue weighted by atomic mass is 9.82. The summed E-state index contributed by atoms with van der Waals surface area (Å²) in [6.45, 7) is 2.19. The van der Waals surface area contributed by atoms with Crippen molar-refractivity contribution in [1.29, 1.82) is 0 Å². The second kappa shape index (κ2) is 9.33. The van der Waals surface area contributed by atoms with E-state index >= 15 is 0 Å². The first kappa shape index (κ1) is 18.3. The van der Waals surface area contributed by atoms with Crippen LogP contribution in [0.2, 0.25) is 0 Å². The van der Waals surface area contributed by atoms with Gasteiger partial charge in [-0.2, -0.15) is 0 Å². The Kier molecular flexibility index (Phi) is 7.12. The van der Waals surface area contributed by atoms with Crippen molar-refractivity contribution in [3.63, 3.8) is 0 Å². The topological polar surface area (TPSA) is 29.1 Å². The number of allylic oxidation sites excluding steroid dienone is 2. The van der Waals surface area contributed by atoms with Crippen molar-refractivity contribution in [3.8, 4) is 12.3 Å². The molecule has 1 aromatic rings. The van der Waals surface area contributed by atoms with Crippen molar-refractivity contribution in [1.82, 2.24) is 5.32 Å². The van der Waals surface area contributed by atoms with E-state index in [2.05, 4.69) is 18.2 Å². The first-order valence-electron chi connectivity index (χ1n) is 9.25. The van der Waals surface area contributed by atoms with Crippen LogP contribution in [0.5, 0.6) is 0 Å². The van der Waals surface area contributed by atoms with E-state index in [4.69, 9.17) is 6.42 Å². The lowest BCUT2D eigenvalue weighted by Crippen LogP contribution is -2.45. The predicted molar refractivity (Wildman–Crippen MR) is 101 cm³/mol. The molecule has 2 nitrogen and oxygen atoms in total. The van der Waals surface area contributed by atoms with Gasteiger partial charge in [-0.1, -0.05) is 75.3 Å². The fraction of sp³-hybridized carbons (Fsp3) is 0.500. The third-order valence-electron chi connectivity index (χ3n) is 4.80. The minimum atomic E-state index is -0.271. The molecule has 0 aromatic heterocycles. The summed E-state index contributed by atoms with van der Waals surface area (Å²) in [6, 6.07) is 9.45. The van der Waals surface area contributed by atoms with Crippen LogP contribution in [-0.4, -0.2) is 11.3 Å². The average Bonchev–Trinajstić information content (AvgIpc) is 2.63. The van der Waals surface area contributed by atoms with Gasteiger partial charge in [-0.05, 0) is 25.7 Å². The molecule has 0 heterocycles. The Morgan fingerprint density at radius 2 is 1.92 bits per heavy atom. The van der Waals surface area contributed by atoms with Crippen LogP contribution < -0.4 is 5.32 Å². The van der Waals surface area contributed by atoms with Gasteiger partial charge in [-0.3, -0.25) is 4.79 Å². The summed E-state index contributed by atoms with van der Waals surface area (Å²) in [5, 5.41) is 3.58. The molecule has 1 aliphatic rings. The summed E-state index contributed by atoms with van der Waals surface area (Å²) in [5.41, 5.74) is 1.45. The quantitative estimate of drug-likeness (QED) is 0.306. The number of hydrogen-bond acceptors (Lipinski definition) is 2. The van der Waals surface area contributed by atoms with Gasteiger partial charge in [0.1, 0.15) is 0 Å². The van der Waals surface area contributed by atoms with Crippen LogP contribution in [-0.2, 0) is 0 Å². The largest absolute Gasteiger partial charge is 0.372 e. The van der Waals surface area contributed by atoms with E-state index in [1.54, 1.807) is 6.08 Å². The van der Waals surface area contributed by atoms with Crippen LogP contribution >= 0.6 is 0 Å². The average molecular weight is 323 g/mol. The zero-order valence-corrected chi connectivity index (χ0v) is 14.8. The molecular weight excluding hydrogens is 294 g/mol. The van der Waals surface area contributed by atoms with Gasteiger partial charge >= 0.3 is 0 Å².